The number of rotatable bonds is 6. The van der Waals surface area contributed by atoms with Gasteiger partial charge in [0, 0.05) is 51.6 Å². The molecule has 0 radical (unpaired) electrons. The molecule has 1 aromatic heterocycles. The summed E-state index contributed by atoms with van der Waals surface area (Å²) >= 11 is 0. The lowest BCUT2D eigenvalue weighted by atomic mass is 9.95. The van der Waals surface area contributed by atoms with E-state index < -0.39 is 0 Å². The second-order valence-corrected chi connectivity index (χ2v) is 7.16. The van der Waals surface area contributed by atoms with E-state index in [1.54, 1.807) is 13.3 Å². The largest absolute Gasteiger partial charge is 0.383 e. The first-order chi connectivity index (χ1) is 11.6. The zero-order valence-corrected chi connectivity index (χ0v) is 15.2. The van der Waals surface area contributed by atoms with E-state index in [0.717, 1.165) is 57.0 Å². The van der Waals surface area contributed by atoms with Gasteiger partial charge in [-0.15, -0.1) is 0 Å². The highest BCUT2D eigenvalue weighted by Gasteiger charge is 2.36. The van der Waals surface area contributed by atoms with Gasteiger partial charge in [-0.25, -0.2) is 0 Å². The lowest BCUT2D eigenvalue weighted by Gasteiger charge is -2.35. The van der Waals surface area contributed by atoms with Crippen LogP contribution in [-0.2, 0) is 11.3 Å². The van der Waals surface area contributed by atoms with Gasteiger partial charge in [0.15, 0.2) is 0 Å². The summed E-state index contributed by atoms with van der Waals surface area (Å²) in [5, 5.41) is 4.40. The highest BCUT2D eigenvalue weighted by Crippen LogP contribution is 2.28. The zero-order chi connectivity index (χ0) is 17.1. The van der Waals surface area contributed by atoms with Crippen molar-refractivity contribution in [1.29, 1.82) is 0 Å². The summed E-state index contributed by atoms with van der Waals surface area (Å²) in [6, 6.07) is 0.467. The molecule has 3 aliphatic heterocycles. The third-order valence-electron chi connectivity index (χ3n) is 5.47. The molecule has 3 fully saturated rings. The first kappa shape index (κ1) is 17.4. The van der Waals surface area contributed by atoms with Gasteiger partial charge in [0.2, 0.25) is 0 Å². The topological polar surface area (TPSA) is 50.6 Å². The van der Waals surface area contributed by atoms with Crippen molar-refractivity contribution in [3.63, 3.8) is 0 Å². The van der Waals surface area contributed by atoms with Gasteiger partial charge < -0.3 is 9.64 Å². The van der Waals surface area contributed by atoms with Crippen molar-refractivity contribution in [2.75, 3.05) is 39.9 Å². The smallest absolute Gasteiger partial charge is 0.257 e. The van der Waals surface area contributed by atoms with Crippen LogP contribution in [0.25, 0.3) is 0 Å². The van der Waals surface area contributed by atoms with Crippen molar-refractivity contribution in [2.45, 2.75) is 45.7 Å². The Kier molecular flexibility index (Phi) is 5.56. The molecule has 0 spiro atoms. The monoisotopic (exact) mass is 334 g/mol. The number of ether oxygens (including phenoxy) is 1. The molecular formula is C18H30N4O2. The van der Waals surface area contributed by atoms with Crippen molar-refractivity contribution >= 4 is 5.91 Å². The minimum absolute atomic E-state index is 0.153. The summed E-state index contributed by atoms with van der Waals surface area (Å²) in [5.41, 5.74) is 1.77. The van der Waals surface area contributed by atoms with E-state index in [9.17, 15) is 4.79 Å². The molecule has 4 rings (SSSR count). The Morgan fingerprint density at radius 3 is 2.88 bits per heavy atom. The van der Waals surface area contributed by atoms with Crippen LogP contribution in [0.5, 0.6) is 0 Å². The van der Waals surface area contributed by atoms with Crippen molar-refractivity contribution in [3.8, 4) is 0 Å². The number of amides is 1. The van der Waals surface area contributed by atoms with Gasteiger partial charge in [0.1, 0.15) is 0 Å². The minimum atomic E-state index is 0.153. The maximum atomic E-state index is 13.1. The molecule has 4 heterocycles. The maximum absolute atomic E-state index is 13.1. The number of aromatic nitrogens is 2. The molecule has 3 saturated heterocycles. The van der Waals surface area contributed by atoms with Crippen LogP contribution in [0.15, 0.2) is 6.20 Å². The van der Waals surface area contributed by atoms with Crippen LogP contribution < -0.4 is 0 Å². The van der Waals surface area contributed by atoms with Crippen LogP contribution in [-0.4, -0.2) is 71.4 Å². The van der Waals surface area contributed by atoms with Crippen molar-refractivity contribution < 1.29 is 9.53 Å². The summed E-state index contributed by atoms with van der Waals surface area (Å²) in [4.78, 5) is 17.6. The van der Waals surface area contributed by atoms with Crippen LogP contribution in [0.4, 0.5) is 0 Å². The molecule has 0 saturated carbocycles. The summed E-state index contributed by atoms with van der Waals surface area (Å²) in [7, 11) is 1.75. The van der Waals surface area contributed by atoms with E-state index in [1.165, 1.54) is 12.8 Å². The SMILES string of the molecule is CCCn1ncc(C(=O)N2C[C@@H]3CC[C@H](C2)N(CCOC)C3)c1C. The predicted molar refractivity (Wildman–Crippen MR) is 93.1 cm³/mol. The molecule has 2 bridgehead atoms. The van der Waals surface area contributed by atoms with Gasteiger partial charge in [0.25, 0.3) is 5.91 Å². The number of hydrogen-bond donors (Lipinski definition) is 0. The fourth-order valence-corrected chi connectivity index (χ4v) is 4.09. The van der Waals surface area contributed by atoms with Gasteiger partial charge in [-0.3, -0.25) is 14.4 Å². The molecule has 0 aromatic carbocycles. The molecule has 0 aliphatic carbocycles. The lowest BCUT2D eigenvalue weighted by molar-refractivity contribution is 0.0717. The first-order valence-electron chi connectivity index (χ1n) is 9.18. The Balaban J connectivity index is 1.72. The molecule has 6 heteroatoms. The molecule has 0 N–H and O–H groups in total. The molecule has 1 aromatic rings. The summed E-state index contributed by atoms with van der Waals surface area (Å²) < 4.78 is 7.19. The van der Waals surface area contributed by atoms with Gasteiger partial charge in [-0.05, 0) is 32.1 Å². The molecule has 1 amide bonds. The second kappa shape index (κ2) is 7.66. The first-order valence-corrected chi connectivity index (χ1v) is 9.18. The van der Waals surface area contributed by atoms with Gasteiger partial charge in [0.05, 0.1) is 18.4 Å². The van der Waals surface area contributed by atoms with Crippen LogP contribution in [0, 0.1) is 12.8 Å². The van der Waals surface area contributed by atoms with Gasteiger partial charge in [-0.1, -0.05) is 6.92 Å². The Bertz CT molecular complexity index is 571. The molecule has 3 aliphatic rings. The average molecular weight is 334 g/mol. The van der Waals surface area contributed by atoms with E-state index in [1.807, 2.05) is 11.6 Å². The van der Waals surface area contributed by atoms with E-state index in [-0.39, 0.29) is 5.91 Å². The third kappa shape index (κ3) is 3.49. The van der Waals surface area contributed by atoms with Crippen LogP contribution >= 0.6 is 0 Å². The Labute approximate surface area is 144 Å². The number of fused-ring (bicyclic) bond motifs is 4. The molecule has 24 heavy (non-hydrogen) atoms. The molecule has 6 nitrogen and oxygen atoms in total. The highest BCUT2D eigenvalue weighted by molar-refractivity contribution is 5.95. The van der Waals surface area contributed by atoms with Crippen LogP contribution in [0.3, 0.4) is 0 Å². The Morgan fingerprint density at radius 2 is 2.12 bits per heavy atom. The average Bonchev–Trinajstić information content (AvgIpc) is 2.77. The second-order valence-electron chi connectivity index (χ2n) is 7.16. The van der Waals surface area contributed by atoms with E-state index in [2.05, 4.69) is 21.8 Å². The summed E-state index contributed by atoms with van der Waals surface area (Å²) in [5.74, 6) is 0.732. The minimum Gasteiger partial charge on any atom is -0.383 e. The normalized spacial score (nSPS) is 24.4. The number of hydrogen-bond acceptors (Lipinski definition) is 4. The van der Waals surface area contributed by atoms with E-state index in [4.69, 9.17) is 4.74 Å². The van der Waals surface area contributed by atoms with Crippen LogP contribution in [0.1, 0.15) is 42.2 Å². The molecule has 0 unspecified atom stereocenters. The number of nitrogens with zero attached hydrogens (tertiary/aromatic N) is 4. The van der Waals surface area contributed by atoms with Crippen molar-refractivity contribution in [3.05, 3.63) is 17.5 Å². The molecule has 134 valence electrons. The Morgan fingerprint density at radius 1 is 1.29 bits per heavy atom. The third-order valence-corrected chi connectivity index (χ3v) is 5.47. The number of carbonyl (C=O) groups is 1. The number of aryl methyl sites for hydroxylation is 1. The standard InChI is InChI=1S/C18H30N4O2/c1-4-7-22-14(2)17(10-19-22)18(23)21-12-15-5-6-16(13-21)20(11-15)8-9-24-3/h10,15-16H,4-9,11-13H2,1-3H3/t15-,16-/m1/s1. The quantitative estimate of drug-likeness (QED) is 0.796. The van der Waals surface area contributed by atoms with Gasteiger partial charge in [-0.2, -0.15) is 5.10 Å². The van der Waals surface area contributed by atoms with Crippen LogP contribution in [0.2, 0.25) is 0 Å². The Hall–Kier alpha value is -1.40. The zero-order valence-electron chi connectivity index (χ0n) is 15.2. The number of piperidine rings is 1. The number of methoxy groups -OCH3 is 1. The fraction of sp³-hybridized carbons (Fsp3) is 0.778. The molecular weight excluding hydrogens is 304 g/mol. The lowest BCUT2D eigenvalue weighted by Crippen LogP contribution is -2.45. The summed E-state index contributed by atoms with van der Waals surface area (Å²) in [6.45, 7) is 9.53. The maximum Gasteiger partial charge on any atom is 0.257 e. The summed E-state index contributed by atoms with van der Waals surface area (Å²) in [6.07, 6.45) is 5.19. The molecule has 2 atom stereocenters. The predicted octanol–water partition coefficient (Wildman–Crippen LogP) is 1.78. The number of carbonyl (C=O) groups excluding carboxylic acids is 1. The van der Waals surface area contributed by atoms with Crippen molar-refractivity contribution in [2.24, 2.45) is 5.92 Å². The van der Waals surface area contributed by atoms with E-state index in [0.29, 0.717) is 12.0 Å². The fourth-order valence-electron chi connectivity index (χ4n) is 4.09. The van der Waals surface area contributed by atoms with Crippen molar-refractivity contribution in [1.82, 2.24) is 19.6 Å². The highest BCUT2D eigenvalue weighted by atomic mass is 16.5. The van der Waals surface area contributed by atoms with Gasteiger partial charge >= 0.3 is 0 Å². The van der Waals surface area contributed by atoms with E-state index >= 15 is 0 Å².